The maximum atomic E-state index is 6.13. The first-order valence-electron chi connectivity index (χ1n) is 8.90. The van der Waals surface area contributed by atoms with Gasteiger partial charge in [-0.25, -0.2) is 0 Å². The number of halogens is 2. The van der Waals surface area contributed by atoms with Gasteiger partial charge >= 0.3 is 0 Å². The van der Waals surface area contributed by atoms with E-state index < -0.39 is 0 Å². The lowest BCUT2D eigenvalue weighted by atomic mass is 10.0. The fourth-order valence-electron chi connectivity index (χ4n) is 3.88. The molecule has 4 heteroatoms. The number of hydrogen-bond acceptors (Lipinski definition) is 2. The zero-order valence-corrected chi connectivity index (χ0v) is 19.6. The van der Waals surface area contributed by atoms with E-state index in [0.717, 1.165) is 11.2 Å². The van der Waals surface area contributed by atoms with Crippen LogP contribution < -0.4 is 0 Å². The second kappa shape index (κ2) is 6.43. The summed E-state index contributed by atoms with van der Waals surface area (Å²) in [6.45, 7) is 0. The molecule has 0 bridgehead atoms. The van der Waals surface area contributed by atoms with E-state index in [2.05, 4.69) is 106 Å². The van der Waals surface area contributed by atoms with Crippen molar-refractivity contribution in [2.24, 2.45) is 0 Å². The quantitative estimate of drug-likeness (QED) is 0.172. The Morgan fingerprint density at radius 3 is 2.32 bits per heavy atom. The predicted molar refractivity (Wildman–Crippen MR) is 137 cm³/mol. The lowest BCUT2D eigenvalue weighted by molar-refractivity contribution is 0.669. The van der Waals surface area contributed by atoms with E-state index in [4.69, 9.17) is 4.42 Å². The van der Waals surface area contributed by atoms with Crippen LogP contribution in [-0.2, 0) is 0 Å². The minimum absolute atomic E-state index is 0.944. The number of rotatable bonds is 1. The molecule has 0 spiro atoms. The second-order valence-corrected chi connectivity index (χ2v) is 10.4. The lowest BCUT2D eigenvalue weighted by Crippen LogP contribution is -1.83. The Bertz CT molecular complexity index is 1540. The third-order valence-electron chi connectivity index (χ3n) is 5.21. The van der Waals surface area contributed by atoms with Gasteiger partial charge in [-0.3, -0.25) is 0 Å². The Morgan fingerprint density at radius 1 is 0.643 bits per heavy atom. The van der Waals surface area contributed by atoms with Gasteiger partial charge in [-0.1, -0.05) is 24.3 Å². The van der Waals surface area contributed by atoms with Crippen molar-refractivity contribution in [3.63, 3.8) is 0 Å². The van der Waals surface area contributed by atoms with Gasteiger partial charge in [0, 0.05) is 38.1 Å². The van der Waals surface area contributed by atoms with Crippen molar-refractivity contribution in [2.75, 3.05) is 0 Å². The van der Waals surface area contributed by atoms with Gasteiger partial charge in [-0.2, -0.15) is 0 Å². The van der Waals surface area contributed by atoms with Gasteiger partial charge in [0.2, 0.25) is 0 Å². The number of benzene rings is 4. The lowest BCUT2D eigenvalue weighted by Gasteiger charge is -2.06. The van der Waals surface area contributed by atoms with E-state index in [0.29, 0.717) is 0 Å². The number of furan rings is 1. The van der Waals surface area contributed by atoms with Crippen molar-refractivity contribution in [3.05, 3.63) is 79.9 Å². The van der Waals surface area contributed by atoms with E-state index in [1.807, 2.05) is 23.5 Å². The highest BCUT2D eigenvalue weighted by Gasteiger charge is 2.13. The molecule has 0 fully saturated rings. The molecule has 0 atom stereocenters. The Balaban J connectivity index is 1.62. The summed E-state index contributed by atoms with van der Waals surface area (Å²) in [5.74, 6) is 0. The summed E-state index contributed by atoms with van der Waals surface area (Å²) in [5, 5.41) is 5.03. The molecule has 4 aromatic carbocycles. The molecule has 1 nitrogen and oxygen atoms in total. The first kappa shape index (κ1) is 17.2. The molecule has 2 aromatic heterocycles. The topological polar surface area (TPSA) is 13.1 Å². The Hall–Kier alpha value is -1.64. The largest absolute Gasteiger partial charge is 0.456 e. The van der Waals surface area contributed by atoms with E-state index in [1.165, 1.54) is 49.2 Å². The highest BCUT2D eigenvalue weighted by atomic mass is 127. The van der Waals surface area contributed by atoms with Gasteiger partial charge in [0.15, 0.2) is 0 Å². The molecule has 0 N–H and O–H groups in total. The third-order valence-corrected chi connectivity index (χ3v) is 7.92. The summed E-state index contributed by atoms with van der Waals surface area (Å²) in [5.41, 5.74) is 4.34. The normalized spacial score (nSPS) is 11.9. The van der Waals surface area contributed by atoms with Crippen molar-refractivity contribution in [2.45, 2.75) is 0 Å². The van der Waals surface area contributed by atoms with Crippen LogP contribution in [0.1, 0.15) is 0 Å². The molecular weight excluding hydrogens is 590 g/mol. The van der Waals surface area contributed by atoms with Gasteiger partial charge in [-0.05, 0) is 105 Å². The average molecular weight is 602 g/mol. The molecule has 0 radical (unpaired) electrons. The first-order valence-corrected chi connectivity index (χ1v) is 11.9. The Kier molecular flexibility index (Phi) is 3.96. The molecule has 0 unspecified atom stereocenters. The van der Waals surface area contributed by atoms with Crippen LogP contribution in [0.5, 0.6) is 0 Å². The summed E-state index contributed by atoms with van der Waals surface area (Å²) in [7, 11) is 0. The maximum Gasteiger partial charge on any atom is 0.136 e. The molecule has 6 rings (SSSR count). The van der Waals surface area contributed by atoms with Crippen LogP contribution in [0.25, 0.3) is 53.2 Å². The summed E-state index contributed by atoms with van der Waals surface area (Å²) in [4.78, 5) is 0. The molecular formula is C24H12I2OS. The van der Waals surface area contributed by atoms with Crippen molar-refractivity contribution in [1.29, 1.82) is 0 Å². The van der Waals surface area contributed by atoms with Gasteiger partial charge in [0.1, 0.15) is 11.2 Å². The Morgan fingerprint density at radius 2 is 1.43 bits per heavy atom. The molecule has 0 saturated carbocycles. The van der Waals surface area contributed by atoms with Crippen LogP contribution in [0.2, 0.25) is 0 Å². The zero-order chi connectivity index (χ0) is 18.8. The second-order valence-electron chi connectivity index (χ2n) is 6.88. The number of thiophene rings is 1. The molecule has 2 heterocycles. The molecule has 0 amide bonds. The van der Waals surface area contributed by atoms with Gasteiger partial charge in [-0.15, -0.1) is 11.3 Å². The smallest absolute Gasteiger partial charge is 0.136 e. The van der Waals surface area contributed by atoms with Gasteiger partial charge in [0.05, 0.1) is 0 Å². The summed E-state index contributed by atoms with van der Waals surface area (Å²) in [6.07, 6.45) is 0. The number of para-hydroxylation sites is 1. The standard InChI is InChI=1S/C24H12I2OS/c25-14-6-8-24-19(10-14)18-9-13(5-7-23(18)28-24)16-12-22-17(11-20(16)26)15-3-1-2-4-21(15)27-22/h1-12H. The minimum Gasteiger partial charge on any atom is -0.456 e. The number of hydrogen-bond donors (Lipinski definition) is 0. The van der Waals surface area contributed by atoms with E-state index in [9.17, 15) is 0 Å². The SMILES string of the molecule is Ic1ccc2sc3ccc(-c4cc5oc6ccccc6c5cc4I)cc3c2c1. The van der Waals surface area contributed by atoms with E-state index in [-0.39, 0.29) is 0 Å². The predicted octanol–water partition coefficient (Wildman–Crippen LogP) is 8.83. The molecule has 6 aromatic rings. The fourth-order valence-corrected chi connectivity index (χ4v) is 6.22. The average Bonchev–Trinajstić information content (AvgIpc) is 3.24. The Labute approximate surface area is 192 Å². The summed E-state index contributed by atoms with van der Waals surface area (Å²) in [6, 6.07) is 26.2. The third kappa shape index (κ3) is 2.61. The van der Waals surface area contributed by atoms with Crippen LogP contribution in [0.4, 0.5) is 0 Å². The highest BCUT2D eigenvalue weighted by molar-refractivity contribution is 14.1. The van der Waals surface area contributed by atoms with Crippen LogP contribution >= 0.6 is 56.5 Å². The van der Waals surface area contributed by atoms with Gasteiger partial charge < -0.3 is 4.42 Å². The number of fused-ring (bicyclic) bond motifs is 6. The fraction of sp³-hybridized carbons (Fsp3) is 0. The summed E-state index contributed by atoms with van der Waals surface area (Å²) < 4.78 is 11.3. The van der Waals surface area contributed by atoms with E-state index >= 15 is 0 Å². The van der Waals surface area contributed by atoms with Crippen LogP contribution in [0.15, 0.2) is 77.2 Å². The molecule has 28 heavy (non-hydrogen) atoms. The first-order chi connectivity index (χ1) is 13.7. The minimum atomic E-state index is 0.944. The molecule has 0 aliphatic heterocycles. The van der Waals surface area contributed by atoms with Crippen molar-refractivity contribution in [1.82, 2.24) is 0 Å². The van der Waals surface area contributed by atoms with Crippen LogP contribution in [0, 0.1) is 7.14 Å². The molecule has 0 saturated heterocycles. The van der Waals surface area contributed by atoms with Crippen molar-refractivity contribution >= 4 is 98.6 Å². The van der Waals surface area contributed by atoms with Crippen molar-refractivity contribution < 1.29 is 4.42 Å². The van der Waals surface area contributed by atoms with Gasteiger partial charge in [0.25, 0.3) is 0 Å². The maximum absolute atomic E-state index is 6.13. The van der Waals surface area contributed by atoms with E-state index in [1.54, 1.807) is 0 Å². The monoisotopic (exact) mass is 602 g/mol. The van der Waals surface area contributed by atoms with Crippen molar-refractivity contribution in [3.8, 4) is 11.1 Å². The molecule has 134 valence electrons. The van der Waals surface area contributed by atoms with Crippen LogP contribution in [0.3, 0.4) is 0 Å². The van der Waals surface area contributed by atoms with Crippen LogP contribution in [-0.4, -0.2) is 0 Å². The zero-order valence-electron chi connectivity index (χ0n) is 14.5. The molecule has 0 aliphatic rings. The summed E-state index contributed by atoms with van der Waals surface area (Å²) >= 11 is 6.70. The molecule has 0 aliphatic carbocycles. The highest BCUT2D eigenvalue weighted by Crippen LogP contribution is 2.39.